The van der Waals surface area contributed by atoms with Crippen LogP contribution in [0.3, 0.4) is 0 Å². The van der Waals surface area contributed by atoms with E-state index in [-0.39, 0.29) is 11.9 Å². The first-order valence-electron chi connectivity index (χ1n) is 8.34. The minimum atomic E-state index is -0.539. The highest BCUT2D eigenvalue weighted by atomic mass is 19.1. The van der Waals surface area contributed by atoms with Gasteiger partial charge in [-0.3, -0.25) is 14.6 Å². The number of aryl methyl sites for hydroxylation is 1. The van der Waals surface area contributed by atoms with Crippen molar-refractivity contribution in [3.8, 4) is 0 Å². The monoisotopic (exact) mass is 346 g/mol. The van der Waals surface area contributed by atoms with Crippen LogP contribution in [-0.2, 0) is 11.3 Å². The molecule has 1 fully saturated rings. The number of halogens is 1. The lowest BCUT2D eigenvalue weighted by atomic mass is 10.1. The van der Waals surface area contributed by atoms with E-state index in [0.29, 0.717) is 19.0 Å². The summed E-state index contributed by atoms with van der Waals surface area (Å²) in [6.07, 6.45) is 2.63. The molecule has 2 heterocycles. The van der Waals surface area contributed by atoms with Crippen LogP contribution in [0.15, 0.2) is 34.9 Å². The third-order valence-electron chi connectivity index (χ3n) is 4.69. The SMILES string of the molecule is Cc1cnc(CN(C)[C@@H]2CCN([C@H](C(N)=O)c3ccc(F)cc3)C2)o1. The fourth-order valence-electron chi connectivity index (χ4n) is 3.38. The number of oxazole rings is 1. The summed E-state index contributed by atoms with van der Waals surface area (Å²) in [7, 11) is 2.02. The molecule has 2 atom stereocenters. The van der Waals surface area contributed by atoms with Gasteiger partial charge in [0.05, 0.1) is 12.7 Å². The minimum absolute atomic E-state index is 0.273. The number of nitrogens with zero attached hydrogens (tertiary/aromatic N) is 3. The Morgan fingerprint density at radius 1 is 1.48 bits per heavy atom. The van der Waals surface area contributed by atoms with Gasteiger partial charge >= 0.3 is 0 Å². The Hall–Kier alpha value is -2.25. The van der Waals surface area contributed by atoms with Crippen molar-refractivity contribution >= 4 is 5.91 Å². The average Bonchev–Trinajstić information content (AvgIpc) is 3.19. The van der Waals surface area contributed by atoms with Gasteiger partial charge in [0.2, 0.25) is 11.8 Å². The molecule has 2 aromatic rings. The minimum Gasteiger partial charge on any atom is -0.445 e. The summed E-state index contributed by atoms with van der Waals surface area (Å²) in [5, 5.41) is 0. The Morgan fingerprint density at radius 3 is 2.80 bits per heavy atom. The van der Waals surface area contributed by atoms with E-state index in [1.54, 1.807) is 18.3 Å². The zero-order valence-corrected chi connectivity index (χ0v) is 14.5. The van der Waals surface area contributed by atoms with Crippen molar-refractivity contribution in [1.82, 2.24) is 14.8 Å². The lowest BCUT2D eigenvalue weighted by Crippen LogP contribution is -2.39. The van der Waals surface area contributed by atoms with Crippen LogP contribution < -0.4 is 5.73 Å². The molecule has 7 heteroatoms. The number of carbonyl (C=O) groups is 1. The smallest absolute Gasteiger partial charge is 0.239 e. The summed E-state index contributed by atoms with van der Waals surface area (Å²) in [5.41, 5.74) is 6.34. The van der Waals surface area contributed by atoms with Crippen LogP contribution in [0, 0.1) is 12.7 Å². The summed E-state index contributed by atoms with van der Waals surface area (Å²) >= 11 is 0. The van der Waals surface area contributed by atoms with E-state index in [2.05, 4.69) is 14.8 Å². The maximum atomic E-state index is 13.2. The fourth-order valence-corrected chi connectivity index (χ4v) is 3.38. The van der Waals surface area contributed by atoms with Gasteiger partial charge in [0.1, 0.15) is 17.6 Å². The number of carbonyl (C=O) groups excluding carboxylic acids is 1. The molecule has 1 saturated heterocycles. The number of amides is 1. The zero-order valence-electron chi connectivity index (χ0n) is 14.5. The highest BCUT2D eigenvalue weighted by molar-refractivity contribution is 5.81. The number of benzene rings is 1. The van der Waals surface area contributed by atoms with Crippen molar-refractivity contribution in [3.05, 3.63) is 53.5 Å². The molecule has 0 unspecified atom stereocenters. The number of hydrogen-bond donors (Lipinski definition) is 1. The summed E-state index contributed by atoms with van der Waals surface area (Å²) < 4.78 is 18.7. The van der Waals surface area contributed by atoms with Crippen LogP contribution in [0.1, 0.15) is 29.7 Å². The van der Waals surface area contributed by atoms with Crippen molar-refractivity contribution in [2.45, 2.75) is 32.0 Å². The summed E-state index contributed by atoms with van der Waals surface area (Å²) in [6.45, 7) is 3.95. The summed E-state index contributed by atoms with van der Waals surface area (Å²) in [5.74, 6) is 0.732. The summed E-state index contributed by atoms with van der Waals surface area (Å²) in [4.78, 5) is 20.5. The van der Waals surface area contributed by atoms with Gasteiger partial charge in [0.15, 0.2) is 0 Å². The number of primary amides is 1. The zero-order chi connectivity index (χ0) is 18.0. The summed E-state index contributed by atoms with van der Waals surface area (Å²) in [6, 6.07) is 5.69. The topological polar surface area (TPSA) is 75.6 Å². The molecule has 6 nitrogen and oxygen atoms in total. The van der Waals surface area contributed by atoms with E-state index in [4.69, 9.17) is 10.2 Å². The maximum absolute atomic E-state index is 13.2. The van der Waals surface area contributed by atoms with Gasteiger partial charge in [-0.2, -0.15) is 0 Å². The third kappa shape index (κ3) is 4.05. The quantitative estimate of drug-likeness (QED) is 0.864. The van der Waals surface area contributed by atoms with E-state index < -0.39 is 11.9 Å². The number of nitrogens with two attached hydrogens (primary N) is 1. The molecule has 134 valence electrons. The van der Waals surface area contributed by atoms with Gasteiger partial charge < -0.3 is 10.2 Å². The Bertz CT molecular complexity index is 731. The molecule has 1 aliphatic rings. The van der Waals surface area contributed by atoms with E-state index in [0.717, 1.165) is 24.3 Å². The van der Waals surface area contributed by atoms with Gasteiger partial charge in [-0.15, -0.1) is 0 Å². The molecular formula is C18H23FN4O2. The largest absolute Gasteiger partial charge is 0.445 e. The normalized spacial score (nSPS) is 19.4. The second-order valence-electron chi connectivity index (χ2n) is 6.57. The van der Waals surface area contributed by atoms with E-state index in [9.17, 15) is 9.18 Å². The van der Waals surface area contributed by atoms with Gasteiger partial charge in [0.25, 0.3) is 0 Å². The average molecular weight is 346 g/mol. The first-order chi connectivity index (χ1) is 11.9. The highest BCUT2D eigenvalue weighted by Crippen LogP contribution is 2.27. The lowest BCUT2D eigenvalue weighted by molar-refractivity contribution is -0.123. The molecule has 1 aromatic carbocycles. The molecule has 25 heavy (non-hydrogen) atoms. The maximum Gasteiger partial charge on any atom is 0.239 e. The first-order valence-corrected chi connectivity index (χ1v) is 8.34. The van der Waals surface area contributed by atoms with E-state index in [1.807, 2.05) is 14.0 Å². The van der Waals surface area contributed by atoms with Crippen molar-refractivity contribution in [2.24, 2.45) is 5.73 Å². The van der Waals surface area contributed by atoms with Crippen LogP contribution in [-0.4, -0.2) is 46.9 Å². The van der Waals surface area contributed by atoms with Crippen LogP contribution >= 0.6 is 0 Å². The molecule has 1 amide bonds. The van der Waals surface area contributed by atoms with Gasteiger partial charge in [-0.05, 0) is 38.1 Å². The second kappa shape index (κ2) is 7.33. The predicted molar refractivity (Wildman–Crippen MR) is 91.0 cm³/mol. The van der Waals surface area contributed by atoms with Gasteiger partial charge in [0, 0.05) is 19.1 Å². The molecule has 1 aliphatic heterocycles. The molecule has 2 N–H and O–H groups in total. The van der Waals surface area contributed by atoms with Gasteiger partial charge in [-0.25, -0.2) is 9.37 Å². The third-order valence-corrected chi connectivity index (χ3v) is 4.69. The fraction of sp³-hybridized carbons (Fsp3) is 0.444. The number of likely N-dealkylation sites (N-methyl/N-ethyl adjacent to an activating group) is 1. The first kappa shape index (κ1) is 17.6. The number of hydrogen-bond acceptors (Lipinski definition) is 5. The molecule has 3 rings (SSSR count). The van der Waals surface area contributed by atoms with Crippen LogP contribution in [0.4, 0.5) is 4.39 Å². The van der Waals surface area contributed by atoms with E-state index >= 15 is 0 Å². The lowest BCUT2D eigenvalue weighted by Gasteiger charge is -2.27. The van der Waals surface area contributed by atoms with Crippen molar-refractivity contribution < 1.29 is 13.6 Å². The van der Waals surface area contributed by atoms with Crippen molar-refractivity contribution in [2.75, 3.05) is 20.1 Å². The van der Waals surface area contributed by atoms with Crippen LogP contribution in [0.5, 0.6) is 0 Å². The molecule has 0 spiro atoms. The molecule has 0 aliphatic carbocycles. The molecule has 0 radical (unpaired) electrons. The molecule has 1 aromatic heterocycles. The number of likely N-dealkylation sites (tertiary alicyclic amines) is 1. The Kier molecular flexibility index (Phi) is 5.15. The predicted octanol–water partition coefficient (Wildman–Crippen LogP) is 1.85. The number of aromatic nitrogens is 1. The van der Waals surface area contributed by atoms with Crippen LogP contribution in [0.2, 0.25) is 0 Å². The number of rotatable bonds is 6. The Balaban J connectivity index is 1.67. The van der Waals surface area contributed by atoms with E-state index in [1.165, 1.54) is 12.1 Å². The van der Waals surface area contributed by atoms with Crippen LogP contribution in [0.25, 0.3) is 0 Å². The molecular weight excluding hydrogens is 323 g/mol. The molecule has 0 saturated carbocycles. The van der Waals surface area contributed by atoms with Crippen molar-refractivity contribution in [1.29, 1.82) is 0 Å². The second-order valence-corrected chi connectivity index (χ2v) is 6.57. The standard InChI is InChI=1S/C18H23FN4O2/c1-12-9-21-16(25-12)11-22(2)15-7-8-23(10-15)17(18(20)24)13-3-5-14(19)6-4-13/h3-6,9,15,17H,7-8,10-11H2,1-2H3,(H2,20,24)/t15-,17+/m1/s1. The Morgan fingerprint density at radius 2 is 2.20 bits per heavy atom. The molecule has 0 bridgehead atoms. The highest BCUT2D eigenvalue weighted by Gasteiger charge is 2.34. The van der Waals surface area contributed by atoms with Gasteiger partial charge in [-0.1, -0.05) is 12.1 Å². The Labute approximate surface area is 146 Å². The van der Waals surface area contributed by atoms with Crippen molar-refractivity contribution in [3.63, 3.8) is 0 Å².